The van der Waals surface area contributed by atoms with Gasteiger partial charge in [0.1, 0.15) is 22.3 Å². The summed E-state index contributed by atoms with van der Waals surface area (Å²) in [4.78, 5) is 30.7. The highest BCUT2D eigenvalue weighted by atomic mass is 32.1. The van der Waals surface area contributed by atoms with Gasteiger partial charge >= 0.3 is 0 Å². The van der Waals surface area contributed by atoms with Crippen molar-refractivity contribution in [1.29, 1.82) is 0 Å². The first-order valence-corrected chi connectivity index (χ1v) is 41.7. The summed E-state index contributed by atoms with van der Waals surface area (Å²) in [6.45, 7) is 0. The van der Waals surface area contributed by atoms with Crippen LogP contribution in [0.3, 0.4) is 0 Å². The molecular weight excluding hydrogens is 1510 g/mol. The lowest BCUT2D eigenvalue weighted by atomic mass is 9.96. The molecule has 0 aliphatic heterocycles. The first-order valence-electron chi connectivity index (χ1n) is 40.1. The molecule has 8 aromatic heterocycles. The third-order valence-electron chi connectivity index (χ3n) is 23.3. The standard InChI is InChI=1S/C57H34N4OS.C51H30N4OS/c1-4-14-37(15-5-1)55-58-56(38-16-6-2-7-17-38)60-57(59-55)47-34-40(33-45-43-21-11-13-23-51(43)63-54(45)47)36-26-24-35(25-27-36)39-28-30-48-46(32-39)52-49(61(48)41-18-8-3-9-19-41)31-29-44-42-20-10-12-22-50(42)62-53(44)52;1-3-13-32(14-4-1)49-52-50(33-15-5-2-6-16-33)54-51(53-49)41-30-34(29-40-37-18-9-12-22-45(37)57-48(40)41)31-23-25-35(26-24-31)55-42-20-10-7-19-39(42)46-43(55)28-27-38-36-17-8-11-21-44(36)56-47(38)46/h1-34H;1-30H. The molecule has 25 rings (SSSR count). The molecule has 0 N–H and O–H groups in total. The molecule has 0 saturated heterocycles. The fourth-order valence-electron chi connectivity index (χ4n) is 17.7. The molecule has 0 fully saturated rings. The molecule has 0 bridgehead atoms. The van der Waals surface area contributed by atoms with E-state index in [1.54, 1.807) is 22.7 Å². The smallest absolute Gasteiger partial charge is 0.165 e. The van der Waals surface area contributed by atoms with E-state index in [2.05, 4.69) is 306 Å². The Morgan fingerprint density at radius 2 is 0.525 bits per heavy atom. The predicted molar refractivity (Wildman–Crippen MR) is 498 cm³/mol. The minimum absolute atomic E-state index is 0.647. The van der Waals surface area contributed by atoms with Crippen LogP contribution in [0.5, 0.6) is 0 Å². The molecule has 0 saturated carbocycles. The number of hydrogen-bond donors (Lipinski definition) is 0. The number of nitrogens with zero attached hydrogens (tertiary/aromatic N) is 8. The minimum atomic E-state index is 0.647. The Labute approximate surface area is 694 Å². The average molecular weight is 1570 g/mol. The lowest BCUT2D eigenvalue weighted by molar-refractivity contribution is 0.672. The second-order valence-electron chi connectivity index (χ2n) is 30.3. The van der Waals surface area contributed by atoms with Crippen molar-refractivity contribution in [2.24, 2.45) is 0 Å². The van der Waals surface area contributed by atoms with Crippen molar-refractivity contribution in [1.82, 2.24) is 39.0 Å². The van der Waals surface area contributed by atoms with Gasteiger partial charge in [-0.2, -0.15) is 0 Å². The van der Waals surface area contributed by atoms with Crippen LogP contribution in [0.1, 0.15) is 0 Å². The number of rotatable bonds is 11. The Balaban J connectivity index is 0.000000137. The molecule has 120 heavy (non-hydrogen) atoms. The third-order valence-corrected chi connectivity index (χ3v) is 25.8. The molecule has 8 heterocycles. The highest BCUT2D eigenvalue weighted by molar-refractivity contribution is 7.26. The summed E-state index contributed by atoms with van der Waals surface area (Å²) in [6.07, 6.45) is 0. The van der Waals surface area contributed by atoms with E-state index >= 15 is 0 Å². The van der Waals surface area contributed by atoms with Crippen molar-refractivity contribution < 1.29 is 8.83 Å². The average Bonchev–Trinajstić information content (AvgIpc) is 1.57. The highest BCUT2D eigenvalue weighted by Gasteiger charge is 2.26. The maximum atomic E-state index is 6.66. The van der Waals surface area contributed by atoms with Gasteiger partial charge in [0.15, 0.2) is 34.9 Å². The summed E-state index contributed by atoms with van der Waals surface area (Å²) in [7, 11) is 0. The van der Waals surface area contributed by atoms with Crippen LogP contribution in [0, 0.1) is 0 Å². The molecule has 0 amide bonds. The van der Waals surface area contributed by atoms with Crippen molar-refractivity contribution in [2.45, 2.75) is 0 Å². The van der Waals surface area contributed by atoms with Gasteiger partial charge in [-0.25, -0.2) is 29.9 Å². The summed E-state index contributed by atoms with van der Waals surface area (Å²) < 4.78 is 22.7. The Kier molecular flexibility index (Phi) is 16.1. The van der Waals surface area contributed by atoms with Crippen LogP contribution < -0.4 is 0 Å². The normalized spacial score (nSPS) is 11.8. The van der Waals surface area contributed by atoms with Crippen LogP contribution in [0.15, 0.2) is 397 Å². The molecule has 0 unspecified atom stereocenters. The largest absolute Gasteiger partial charge is 0.455 e. The van der Waals surface area contributed by atoms with E-state index in [0.29, 0.717) is 34.9 Å². The number of fused-ring (bicyclic) bond motifs is 20. The van der Waals surface area contributed by atoms with Crippen LogP contribution in [0.2, 0.25) is 0 Å². The topological polar surface area (TPSA) is 113 Å². The van der Waals surface area contributed by atoms with Gasteiger partial charge in [-0.1, -0.05) is 273 Å². The summed E-state index contributed by atoms with van der Waals surface area (Å²) in [5, 5.41) is 13.9. The Hall–Kier alpha value is -15.6. The van der Waals surface area contributed by atoms with Gasteiger partial charge < -0.3 is 18.0 Å². The SMILES string of the molecule is c1ccc(-c2nc(-c3ccccc3)nc(-c3cc(-c4ccc(-c5ccc6c(c5)c5c7oc8ccccc8c7ccc5n6-c5ccccc5)cc4)cc4c3sc3ccccc34)n2)cc1.c1ccc(-c2nc(-c3ccccc3)nc(-c3cc(-c4ccc(-n5c6ccccc6c6c7oc8ccccc8c7ccc65)cc4)cc4c3sc3ccccc34)n2)cc1. The number of thiophene rings is 2. The third kappa shape index (κ3) is 11.5. The molecule has 0 aliphatic rings. The summed E-state index contributed by atoms with van der Waals surface area (Å²) in [5.41, 5.74) is 22.8. The zero-order valence-electron chi connectivity index (χ0n) is 64.2. The molecule has 25 aromatic rings. The van der Waals surface area contributed by atoms with Crippen molar-refractivity contribution in [3.63, 3.8) is 0 Å². The number of para-hydroxylation sites is 4. The molecule has 0 spiro atoms. The van der Waals surface area contributed by atoms with Crippen LogP contribution in [-0.4, -0.2) is 39.0 Å². The summed E-state index contributed by atoms with van der Waals surface area (Å²) in [6, 6.07) is 136. The van der Waals surface area contributed by atoms with E-state index in [1.807, 2.05) is 91.0 Å². The molecule has 0 radical (unpaired) electrons. The van der Waals surface area contributed by atoms with E-state index in [-0.39, 0.29) is 0 Å². The zero-order valence-corrected chi connectivity index (χ0v) is 65.8. The van der Waals surface area contributed by atoms with Gasteiger partial charge in [-0.15, -0.1) is 22.7 Å². The number of hydrogen-bond acceptors (Lipinski definition) is 10. The van der Waals surface area contributed by atoms with E-state index in [0.717, 1.165) is 170 Å². The Bertz CT molecular complexity index is 8270. The van der Waals surface area contributed by atoms with E-state index < -0.39 is 0 Å². The number of furan rings is 2. The maximum absolute atomic E-state index is 6.66. The fourth-order valence-corrected chi connectivity index (χ4v) is 20.1. The van der Waals surface area contributed by atoms with Gasteiger partial charge in [0, 0.05) is 117 Å². The van der Waals surface area contributed by atoms with Gasteiger partial charge in [0.05, 0.1) is 32.8 Å². The van der Waals surface area contributed by atoms with Gasteiger partial charge in [0.2, 0.25) is 0 Å². The van der Waals surface area contributed by atoms with Gasteiger partial charge in [-0.05, 0) is 149 Å². The second kappa shape index (κ2) is 28.1. The van der Waals surface area contributed by atoms with E-state index in [1.165, 1.54) is 36.3 Å². The number of benzene rings is 17. The maximum Gasteiger partial charge on any atom is 0.165 e. The van der Waals surface area contributed by atoms with Crippen molar-refractivity contribution in [3.05, 3.63) is 388 Å². The molecule has 560 valence electrons. The fraction of sp³-hybridized carbons (Fsp3) is 0. The van der Waals surface area contributed by atoms with Crippen LogP contribution in [0.25, 0.3) is 241 Å². The summed E-state index contributed by atoms with van der Waals surface area (Å²) >= 11 is 3.57. The first kappa shape index (κ1) is 68.8. The molecule has 0 aliphatic carbocycles. The minimum Gasteiger partial charge on any atom is -0.455 e. The van der Waals surface area contributed by atoms with Gasteiger partial charge in [0.25, 0.3) is 0 Å². The summed E-state index contributed by atoms with van der Waals surface area (Å²) in [5.74, 6) is 3.89. The molecule has 0 atom stereocenters. The second-order valence-corrected chi connectivity index (χ2v) is 32.4. The van der Waals surface area contributed by atoms with Crippen molar-refractivity contribution in [2.75, 3.05) is 0 Å². The molecule has 10 nitrogen and oxygen atoms in total. The number of aromatic nitrogens is 8. The predicted octanol–water partition coefficient (Wildman–Crippen LogP) is 29.5. The molecule has 12 heteroatoms. The molecular formula is C108H64N8O2S2. The first-order chi connectivity index (χ1) is 59.5. The monoisotopic (exact) mass is 1570 g/mol. The van der Waals surface area contributed by atoms with Crippen molar-refractivity contribution >= 4 is 151 Å². The van der Waals surface area contributed by atoms with Crippen LogP contribution in [-0.2, 0) is 0 Å². The quantitative estimate of drug-likeness (QED) is 0.126. The van der Waals surface area contributed by atoms with Crippen LogP contribution >= 0.6 is 22.7 Å². The Morgan fingerprint density at radius 3 is 0.983 bits per heavy atom. The van der Waals surface area contributed by atoms with Crippen LogP contribution in [0.4, 0.5) is 0 Å². The lowest BCUT2D eigenvalue weighted by Crippen LogP contribution is -2.00. The Morgan fingerprint density at radius 1 is 0.200 bits per heavy atom. The highest BCUT2D eigenvalue weighted by Crippen LogP contribution is 2.48. The molecule has 17 aromatic carbocycles. The van der Waals surface area contributed by atoms with E-state index in [9.17, 15) is 0 Å². The van der Waals surface area contributed by atoms with Crippen molar-refractivity contribution in [3.8, 4) is 113 Å². The van der Waals surface area contributed by atoms with Gasteiger partial charge in [-0.3, -0.25) is 0 Å². The lowest BCUT2D eigenvalue weighted by Gasteiger charge is -2.12. The van der Waals surface area contributed by atoms with E-state index in [4.69, 9.17) is 38.7 Å². The zero-order chi connectivity index (χ0) is 78.9.